The number of carbonyl (C=O) groups is 1. The van der Waals surface area contributed by atoms with Gasteiger partial charge >= 0.3 is 6.03 Å². The molecule has 66 valence electrons. The summed E-state index contributed by atoms with van der Waals surface area (Å²) in [4.78, 5) is 21.9. The Hall–Kier alpha value is -1.48. The Balaban J connectivity index is 2.51. The number of nitrogens with zero attached hydrogens (tertiary/aromatic N) is 1. The van der Waals surface area contributed by atoms with Gasteiger partial charge < -0.3 is 10.5 Å². The molecule has 1 unspecified atom stereocenters. The molecule has 2 N–H and O–H groups in total. The summed E-state index contributed by atoms with van der Waals surface area (Å²) in [7, 11) is 0. The number of likely N-dealkylation sites (tertiary alicyclic amines) is 1. The van der Waals surface area contributed by atoms with Crippen LogP contribution in [-0.2, 0) is 9.53 Å². The molecule has 5 heteroatoms. The lowest BCUT2D eigenvalue weighted by Gasteiger charge is -2.20. The van der Waals surface area contributed by atoms with Crippen LogP contribution in [0, 0.1) is 0 Å². The quantitative estimate of drug-likeness (QED) is 0.462. The number of primary amides is 1. The van der Waals surface area contributed by atoms with Crippen LogP contribution in [0.4, 0.5) is 4.79 Å². The van der Waals surface area contributed by atoms with Crippen LogP contribution in [0.15, 0.2) is 6.26 Å². The van der Waals surface area contributed by atoms with Crippen LogP contribution >= 0.6 is 0 Å². The van der Waals surface area contributed by atoms with E-state index >= 15 is 0 Å². The lowest BCUT2D eigenvalue weighted by molar-refractivity contribution is 0.0497. The molecule has 0 spiro atoms. The van der Waals surface area contributed by atoms with Gasteiger partial charge in [0.05, 0.1) is 0 Å². The van der Waals surface area contributed by atoms with Crippen molar-refractivity contribution in [2.75, 3.05) is 6.54 Å². The monoisotopic (exact) mass is 170 g/mol. The van der Waals surface area contributed by atoms with Crippen molar-refractivity contribution in [3.05, 3.63) is 6.26 Å². The molecule has 2 amide bonds. The Morgan fingerprint density at radius 1 is 1.75 bits per heavy atom. The minimum Gasteiger partial charge on any atom is -0.466 e. The van der Waals surface area contributed by atoms with Gasteiger partial charge in [-0.2, -0.15) is 0 Å². The first-order chi connectivity index (χ1) is 5.75. The Bertz CT molecular complexity index is 223. The van der Waals surface area contributed by atoms with E-state index < -0.39 is 6.03 Å². The van der Waals surface area contributed by atoms with E-state index in [2.05, 4.69) is 0 Å². The highest BCUT2D eigenvalue weighted by Gasteiger charge is 2.27. The molecule has 0 aromatic heterocycles. The normalized spacial score (nSPS) is 21.7. The van der Waals surface area contributed by atoms with Crippen LogP contribution in [-0.4, -0.2) is 29.6 Å². The third kappa shape index (κ3) is 1.77. The summed E-state index contributed by atoms with van der Waals surface area (Å²) in [6.07, 6.45) is 2.08. The zero-order valence-corrected chi connectivity index (χ0v) is 6.53. The molecule has 1 fully saturated rings. The number of amides is 2. The lowest BCUT2D eigenvalue weighted by atomic mass is 10.4. The highest BCUT2D eigenvalue weighted by Crippen LogP contribution is 2.17. The summed E-state index contributed by atoms with van der Waals surface area (Å²) in [6, 6.07) is -0.517. The average molecular weight is 170 g/mol. The van der Waals surface area contributed by atoms with Crippen molar-refractivity contribution in [3.63, 3.8) is 0 Å². The molecular formula is C7H10N2O3. The minimum atomic E-state index is -0.517. The van der Waals surface area contributed by atoms with E-state index in [4.69, 9.17) is 10.5 Å². The molecule has 1 aliphatic rings. The van der Waals surface area contributed by atoms with Gasteiger partial charge in [-0.15, -0.1) is 0 Å². The average Bonchev–Trinajstić information content (AvgIpc) is 2.48. The first-order valence-electron chi connectivity index (χ1n) is 3.66. The van der Waals surface area contributed by atoms with Crippen molar-refractivity contribution < 1.29 is 14.3 Å². The van der Waals surface area contributed by atoms with E-state index in [0.29, 0.717) is 13.0 Å². The molecule has 12 heavy (non-hydrogen) atoms. The second-order valence-corrected chi connectivity index (χ2v) is 2.50. The number of ether oxygens (including phenoxy) is 1. The highest BCUT2D eigenvalue weighted by atomic mass is 16.5. The van der Waals surface area contributed by atoms with Gasteiger partial charge in [0, 0.05) is 13.0 Å². The Kier molecular flexibility index (Phi) is 2.71. The van der Waals surface area contributed by atoms with Gasteiger partial charge in [-0.25, -0.2) is 9.59 Å². The summed E-state index contributed by atoms with van der Waals surface area (Å²) >= 11 is 0. The molecule has 0 bridgehead atoms. The van der Waals surface area contributed by atoms with Crippen LogP contribution < -0.4 is 5.73 Å². The molecule has 0 radical (unpaired) electrons. The lowest BCUT2D eigenvalue weighted by Crippen LogP contribution is -2.40. The standard InChI is InChI=1S/C7H10N2O3/c8-7(11)9-3-1-2-6(9)12-5-4-10/h5-6H,1-3H2,(H2,8,11). The van der Waals surface area contributed by atoms with Gasteiger partial charge in [0.2, 0.25) is 0 Å². The molecule has 1 heterocycles. The maximum atomic E-state index is 10.7. The fraction of sp³-hybridized carbons (Fsp3) is 0.571. The minimum absolute atomic E-state index is 0.385. The molecule has 1 aliphatic heterocycles. The molecule has 0 aromatic carbocycles. The maximum Gasteiger partial charge on any atom is 0.317 e. The molecule has 5 nitrogen and oxygen atoms in total. The summed E-state index contributed by atoms with van der Waals surface area (Å²) in [5.41, 5.74) is 5.05. The Morgan fingerprint density at radius 3 is 3.08 bits per heavy atom. The summed E-state index contributed by atoms with van der Waals surface area (Å²) in [5, 5.41) is 0. The van der Waals surface area contributed by atoms with Crippen LogP contribution in [0.3, 0.4) is 0 Å². The van der Waals surface area contributed by atoms with Crippen molar-refractivity contribution in [1.29, 1.82) is 0 Å². The van der Waals surface area contributed by atoms with Crippen LogP contribution in [0.5, 0.6) is 0 Å². The second kappa shape index (κ2) is 3.78. The van der Waals surface area contributed by atoms with Crippen molar-refractivity contribution in [1.82, 2.24) is 4.90 Å². The van der Waals surface area contributed by atoms with E-state index in [1.807, 2.05) is 0 Å². The van der Waals surface area contributed by atoms with Crippen molar-refractivity contribution in [2.24, 2.45) is 5.73 Å². The molecular weight excluding hydrogens is 160 g/mol. The van der Waals surface area contributed by atoms with Crippen molar-refractivity contribution >= 4 is 12.0 Å². The molecule has 0 aromatic rings. The van der Waals surface area contributed by atoms with Gasteiger partial charge in [0.25, 0.3) is 0 Å². The van der Waals surface area contributed by atoms with Crippen LogP contribution in [0.1, 0.15) is 12.8 Å². The van der Waals surface area contributed by atoms with Crippen LogP contribution in [0.2, 0.25) is 0 Å². The predicted molar refractivity (Wildman–Crippen MR) is 40.7 cm³/mol. The van der Waals surface area contributed by atoms with E-state index in [1.165, 1.54) is 10.8 Å². The second-order valence-electron chi connectivity index (χ2n) is 2.50. The summed E-state index contributed by atoms with van der Waals surface area (Å²) < 4.78 is 4.90. The van der Waals surface area contributed by atoms with Gasteiger partial charge in [-0.1, -0.05) is 0 Å². The SMILES string of the molecule is NC(=O)N1CCCC1OC=C=O. The molecule has 0 aliphatic carbocycles. The highest BCUT2D eigenvalue weighted by molar-refractivity contribution is 5.72. The number of nitrogens with two attached hydrogens (primary N) is 1. The molecule has 0 saturated carbocycles. The van der Waals surface area contributed by atoms with Gasteiger partial charge in [-0.05, 0) is 6.42 Å². The Labute approximate surface area is 69.8 Å². The van der Waals surface area contributed by atoms with E-state index in [-0.39, 0.29) is 6.23 Å². The summed E-state index contributed by atoms with van der Waals surface area (Å²) in [5.74, 6) is 1.48. The first-order valence-corrected chi connectivity index (χ1v) is 3.66. The summed E-state index contributed by atoms with van der Waals surface area (Å²) in [6.45, 7) is 0.590. The third-order valence-electron chi connectivity index (χ3n) is 1.75. The number of hydrogen-bond acceptors (Lipinski definition) is 3. The zero-order valence-electron chi connectivity index (χ0n) is 6.53. The van der Waals surface area contributed by atoms with Gasteiger partial charge in [0.15, 0.2) is 18.4 Å². The van der Waals surface area contributed by atoms with Gasteiger partial charge in [-0.3, -0.25) is 4.90 Å². The number of hydrogen-bond donors (Lipinski definition) is 1. The molecule has 1 atom stereocenters. The number of urea groups is 1. The van der Waals surface area contributed by atoms with Gasteiger partial charge in [0.1, 0.15) is 0 Å². The zero-order chi connectivity index (χ0) is 8.97. The largest absolute Gasteiger partial charge is 0.466 e. The molecule has 1 rings (SSSR count). The fourth-order valence-electron chi connectivity index (χ4n) is 1.24. The number of rotatable bonds is 2. The van der Waals surface area contributed by atoms with E-state index in [1.54, 1.807) is 0 Å². The van der Waals surface area contributed by atoms with Crippen molar-refractivity contribution in [3.8, 4) is 0 Å². The number of carbonyl (C=O) groups excluding carboxylic acids is 2. The molecule has 1 saturated heterocycles. The third-order valence-corrected chi connectivity index (χ3v) is 1.75. The predicted octanol–water partition coefficient (Wildman–Crippen LogP) is -0.151. The maximum absolute atomic E-state index is 10.7. The fourth-order valence-corrected chi connectivity index (χ4v) is 1.24. The first kappa shape index (κ1) is 8.62. The van der Waals surface area contributed by atoms with Crippen LogP contribution in [0.25, 0.3) is 0 Å². The smallest absolute Gasteiger partial charge is 0.317 e. The van der Waals surface area contributed by atoms with Crippen molar-refractivity contribution in [2.45, 2.75) is 19.1 Å². The Morgan fingerprint density at radius 2 is 2.50 bits per heavy atom. The van der Waals surface area contributed by atoms with E-state index in [0.717, 1.165) is 12.7 Å². The topological polar surface area (TPSA) is 72.6 Å². The van der Waals surface area contributed by atoms with E-state index in [9.17, 15) is 9.59 Å².